The number of carbonyl (C=O) groups excluding carboxylic acids is 2. The molecule has 4 atom stereocenters. The molecule has 0 heterocycles. The van der Waals surface area contributed by atoms with Crippen molar-refractivity contribution in [3.63, 3.8) is 0 Å². The smallest absolute Gasteiger partial charge is 0.305 e. The molecule has 0 spiro atoms. The van der Waals surface area contributed by atoms with Gasteiger partial charge in [-0.3, -0.25) is 9.59 Å². The number of carbonyl (C=O) groups is 2. The summed E-state index contributed by atoms with van der Waals surface area (Å²) in [7, 11) is 1.38. The number of allylic oxidation sites excluding steroid dienone is 2. The molecule has 1 saturated carbocycles. The van der Waals surface area contributed by atoms with Crippen molar-refractivity contribution in [2.45, 2.75) is 63.1 Å². The van der Waals surface area contributed by atoms with E-state index >= 15 is 0 Å². The van der Waals surface area contributed by atoms with Gasteiger partial charge in [0.2, 0.25) is 0 Å². The van der Waals surface area contributed by atoms with E-state index in [0.29, 0.717) is 12.8 Å². The zero-order valence-electron chi connectivity index (χ0n) is 15.8. The Labute approximate surface area is 160 Å². The Morgan fingerprint density at radius 3 is 2.89 bits per heavy atom. The summed E-state index contributed by atoms with van der Waals surface area (Å²) in [4.78, 5) is 23.5. The van der Waals surface area contributed by atoms with E-state index in [9.17, 15) is 19.8 Å². The third-order valence-electron chi connectivity index (χ3n) is 5.81. The van der Waals surface area contributed by atoms with Crippen LogP contribution in [0.1, 0.15) is 67.2 Å². The van der Waals surface area contributed by atoms with Crippen LogP contribution < -0.4 is 0 Å². The van der Waals surface area contributed by atoms with Crippen LogP contribution in [0.5, 0.6) is 0 Å². The number of aryl methyl sites for hydroxylation is 1. The minimum absolute atomic E-state index is 0.104. The van der Waals surface area contributed by atoms with E-state index in [1.54, 1.807) is 0 Å². The van der Waals surface area contributed by atoms with Crippen LogP contribution in [0.3, 0.4) is 0 Å². The molecule has 0 aliphatic heterocycles. The van der Waals surface area contributed by atoms with Crippen LogP contribution in [0.25, 0.3) is 0 Å². The topological polar surface area (TPSA) is 83.8 Å². The van der Waals surface area contributed by atoms with E-state index < -0.39 is 12.2 Å². The van der Waals surface area contributed by atoms with Crippen LogP contribution in [0.2, 0.25) is 0 Å². The molecular formula is C22H28O5. The number of ketones is 1. The highest BCUT2D eigenvalue weighted by molar-refractivity contribution is 5.85. The van der Waals surface area contributed by atoms with Gasteiger partial charge in [0.1, 0.15) is 5.78 Å². The first-order valence-electron chi connectivity index (χ1n) is 9.74. The number of hydrogen-bond acceptors (Lipinski definition) is 5. The van der Waals surface area contributed by atoms with Crippen molar-refractivity contribution in [3.8, 4) is 0 Å². The lowest BCUT2D eigenvalue weighted by molar-refractivity contribution is -0.140. The highest BCUT2D eigenvalue weighted by Crippen LogP contribution is 2.42. The van der Waals surface area contributed by atoms with Crippen LogP contribution in [0, 0.1) is 5.92 Å². The van der Waals surface area contributed by atoms with Crippen molar-refractivity contribution in [3.05, 3.63) is 47.0 Å². The molecule has 0 amide bonds. The molecule has 1 aromatic rings. The van der Waals surface area contributed by atoms with Gasteiger partial charge in [0.25, 0.3) is 0 Å². The van der Waals surface area contributed by atoms with E-state index in [2.05, 4.69) is 10.8 Å². The lowest BCUT2D eigenvalue weighted by Gasteiger charge is -2.21. The molecule has 2 aliphatic rings. The zero-order chi connectivity index (χ0) is 19.4. The Balaban J connectivity index is 1.64. The Hall–Kier alpha value is -1.98. The SMILES string of the molecule is COC(=O)CCC/C=C/CC1C(=O)CC(O)C1c1ccc2c(c1)CCC2O. The zero-order valence-corrected chi connectivity index (χ0v) is 15.8. The van der Waals surface area contributed by atoms with Crippen LogP contribution in [-0.4, -0.2) is 35.2 Å². The summed E-state index contributed by atoms with van der Waals surface area (Å²) in [5.74, 6) is -0.520. The van der Waals surface area contributed by atoms with E-state index in [4.69, 9.17) is 0 Å². The average molecular weight is 372 g/mol. The molecular weight excluding hydrogens is 344 g/mol. The summed E-state index contributed by atoms with van der Waals surface area (Å²) in [5.41, 5.74) is 3.09. The Morgan fingerprint density at radius 1 is 1.30 bits per heavy atom. The first-order valence-corrected chi connectivity index (χ1v) is 9.74. The number of hydrogen-bond donors (Lipinski definition) is 2. The molecule has 1 aromatic carbocycles. The fourth-order valence-corrected chi connectivity index (χ4v) is 4.33. The molecule has 0 saturated heterocycles. The molecule has 5 nitrogen and oxygen atoms in total. The molecule has 3 rings (SSSR count). The molecule has 146 valence electrons. The molecule has 4 unspecified atom stereocenters. The van der Waals surface area contributed by atoms with Crippen molar-refractivity contribution < 1.29 is 24.5 Å². The standard InChI is InChI=1S/C22H28O5/c1-27-21(26)7-5-3-2-4-6-17-19(24)13-20(25)22(17)15-8-10-16-14(12-15)9-11-18(16)23/h2,4,8,10,12,17-18,20,22-23,25H,3,5-7,9,11,13H2,1H3/b4-2+. The number of benzene rings is 1. The van der Waals surface area contributed by atoms with Gasteiger partial charge in [-0.1, -0.05) is 30.4 Å². The summed E-state index contributed by atoms with van der Waals surface area (Å²) in [5, 5.41) is 20.4. The Morgan fingerprint density at radius 2 is 2.11 bits per heavy atom. The predicted molar refractivity (Wildman–Crippen MR) is 101 cm³/mol. The van der Waals surface area contributed by atoms with Gasteiger partial charge < -0.3 is 14.9 Å². The van der Waals surface area contributed by atoms with E-state index in [1.807, 2.05) is 24.3 Å². The van der Waals surface area contributed by atoms with Gasteiger partial charge in [0.15, 0.2) is 0 Å². The summed E-state index contributed by atoms with van der Waals surface area (Å²) in [6.45, 7) is 0. The van der Waals surface area contributed by atoms with Gasteiger partial charge >= 0.3 is 5.97 Å². The van der Waals surface area contributed by atoms with Crippen LogP contribution in [0.4, 0.5) is 0 Å². The fourth-order valence-electron chi connectivity index (χ4n) is 4.33. The van der Waals surface area contributed by atoms with Gasteiger partial charge in [-0.05, 0) is 48.8 Å². The first-order chi connectivity index (χ1) is 13.0. The number of Topliss-reactive ketones (excluding diaryl/α,β-unsaturated/α-hetero) is 1. The Bertz CT molecular complexity index is 723. The monoisotopic (exact) mass is 372 g/mol. The highest BCUT2D eigenvalue weighted by atomic mass is 16.5. The molecule has 0 bridgehead atoms. The highest BCUT2D eigenvalue weighted by Gasteiger charge is 2.42. The second-order valence-corrected chi connectivity index (χ2v) is 7.56. The van der Waals surface area contributed by atoms with Crippen molar-refractivity contribution in [2.75, 3.05) is 7.11 Å². The summed E-state index contributed by atoms with van der Waals surface area (Å²) >= 11 is 0. The lowest BCUT2D eigenvalue weighted by atomic mass is 9.84. The third kappa shape index (κ3) is 4.47. The van der Waals surface area contributed by atoms with Gasteiger partial charge in [0.05, 0.1) is 19.3 Å². The van der Waals surface area contributed by atoms with Crippen LogP contribution in [0.15, 0.2) is 30.4 Å². The van der Waals surface area contributed by atoms with Crippen LogP contribution in [-0.2, 0) is 20.7 Å². The first kappa shape index (κ1) is 19.8. The normalized spacial score (nSPS) is 27.3. The summed E-state index contributed by atoms with van der Waals surface area (Å²) in [6, 6.07) is 5.95. The second kappa shape index (κ2) is 8.81. The molecule has 2 aliphatic carbocycles. The minimum atomic E-state index is -0.653. The van der Waals surface area contributed by atoms with E-state index in [1.165, 1.54) is 7.11 Å². The Kier molecular flexibility index (Phi) is 6.45. The van der Waals surface area contributed by atoms with Gasteiger partial charge in [-0.25, -0.2) is 0 Å². The van der Waals surface area contributed by atoms with Gasteiger partial charge in [-0.2, -0.15) is 0 Å². The van der Waals surface area contributed by atoms with Gasteiger partial charge in [-0.15, -0.1) is 0 Å². The van der Waals surface area contributed by atoms with Crippen molar-refractivity contribution in [1.82, 2.24) is 0 Å². The van der Waals surface area contributed by atoms with E-state index in [-0.39, 0.29) is 30.0 Å². The van der Waals surface area contributed by atoms with Crippen molar-refractivity contribution >= 4 is 11.8 Å². The third-order valence-corrected chi connectivity index (χ3v) is 5.81. The maximum absolute atomic E-state index is 12.4. The average Bonchev–Trinajstić information content (AvgIpc) is 3.16. The lowest BCUT2D eigenvalue weighted by Crippen LogP contribution is -2.18. The molecule has 0 radical (unpaired) electrons. The number of unbranched alkanes of at least 4 members (excludes halogenated alkanes) is 1. The molecule has 27 heavy (non-hydrogen) atoms. The van der Waals surface area contributed by atoms with E-state index in [0.717, 1.165) is 42.4 Å². The number of methoxy groups -OCH3 is 1. The van der Waals surface area contributed by atoms with Gasteiger partial charge in [0, 0.05) is 24.7 Å². The summed E-state index contributed by atoms with van der Waals surface area (Å²) < 4.78 is 4.61. The van der Waals surface area contributed by atoms with Crippen LogP contribution >= 0.6 is 0 Å². The quantitative estimate of drug-likeness (QED) is 0.437. The molecule has 5 heteroatoms. The predicted octanol–water partition coefficient (Wildman–Crippen LogP) is 2.99. The number of aliphatic hydroxyl groups is 2. The fraction of sp³-hybridized carbons (Fsp3) is 0.545. The van der Waals surface area contributed by atoms with Crippen molar-refractivity contribution in [1.29, 1.82) is 0 Å². The number of fused-ring (bicyclic) bond motifs is 1. The molecule has 0 aromatic heterocycles. The number of ether oxygens (including phenoxy) is 1. The molecule has 2 N–H and O–H groups in total. The maximum Gasteiger partial charge on any atom is 0.305 e. The maximum atomic E-state index is 12.4. The number of esters is 1. The van der Waals surface area contributed by atoms with Crippen molar-refractivity contribution in [2.24, 2.45) is 5.92 Å². The second-order valence-electron chi connectivity index (χ2n) is 7.56. The molecule has 1 fully saturated rings. The number of rotatable bonds is 7. The summed E-state index contributed by atoms with van der Waals surface area (Å²) in [6.07, 6.45) is 7.19. The number of aliphatic hydroxyl groups excluding tert-OH is 2. The minimum Gasteiger partial charge on any atom is -0.469 e. The largest absolute Gasteiger partial charge is 0.469 e.